The van der Waals surface area contributed by atoms with E-state index >= 15 is 0 Å². The molecule has 3 nitrogen and oxygen atoms in total. The molecule has 2 N–H and O–H groups in total. The van der Waals surface area contributed by atoms with Crippen LogP contribution >= 0.6 is 23.4 Å². The van der Waals surface area contributed by atoms with Gasteiger partial charge in [0.05, 0.1) is 6.61 Å². The molecule has 0 aliphatic rings. The summed E-state index contributed by atoms with van der Waals surface area (Å²) < 4.78 is 10.4. The van der Waals surface area contributed by atoms with Crippen molar-refractivity contribution in [1.29, 1.82) is 0 Å². The fourth-order valence-electron chi connectivity index (χ4n) is 1.25. The van der Waals surface area contributed by atoms with E-state index in [1.54, 1.807) is 24.9 Å². The normalized spacial score (nSPS) is 10.7. The minimum atomic E-state index is 0.709. The topological polar surface area (TPSA) is 44.5 Å². The number of nitrogen functional groups attached to an aromatic ring is 1. The summed E-state index contributed by atoms with van der Waals surface area (Å²) in [4.78, 5) is 1.01. The zero-order valence-electron chi connectivity index (χ0n) is 9.95. The third kappa shape index (κ3) is 6.17. The fraction of sp³-hybridized carbons (Fsp3) is 0.500. The first-order valence-electron chi connectivity index (χ1n) is 5.48. The minimum absolute atomic E-state index is 0.709. The van der Waals surface area contributed by atoms with Gasteiger partial charge >= 0.3 is 0 Å². The molecule has 0 radical (unpaired) electrons. The third-order valence-electron chi connectivity index (χ3n) is 2.10. The largest absolute Gasteiger partial charge is 0.398 e. The molecule has 5 heteroatoms. The second-order valence-corrected chi connectivity index (χ2v) is 5.06. The number of anilines is 1. The van der Waals surface area contributed by atoms with Crippen molar-refractivity contribution in [2.75, 3.05) is 38.4 Å². The molecule has 0 saturated heterocycles. The molecule has 0 heterocycles. The molecule has 1 aromatic carbocycles. The second-order valence-electron chi connectivity index (χ2n) is 3.49. The maximum absolute atomic E-state index is 5.90. The highest BCUT2D eigenvalue weighted by Crippen LogP contribution is 2.27. The van der Waals surface area contributed by atoms with Crippen molar-refractivity contribution in [3.63, 3.8) is 0 Å². The average Bonchev–Trinajstić information content (AvgIpc) is 2.32. The van der Waals surface area contributed by atoms with Crippen molar-refractivity contribution in [2.45, 2.75) is 11.3 Å². The molecule has 0 unspecified atom stereocenters. The molecular formula is C12H18ClNO2S. The highest BCUT2D eigenvalue weighted by molar-refractivity contribution is 7.99. The Morgan fingerprint density at radius 1 is 1.29 bits per heavy atom. The van der Waals surface area contributed by atoms with E-state index in [1.807, 2.05) is 12.1 Å². The number of hydrogen-bond donors (Lipinski definition) is 1. The van der Waals surface area contributed by atoms with Crippen LogP contribution in [0.25, 0.3) is 0 Å². The Hall–Kier alpha value is -0.420. The third-order valence-corrected chi connectivity index (χ3v) is 3.37. The molecule has 0 fully saturated rings. The summed E-state index contributed by atoms with van der Waals surface area (Å²) in [7, 11) is 1.69. The van der Waals surface area contributed by atoms with Crippen LogP contribution in [0, 0.1) is 0 Å². The van der Waals surface area contributed by atoms with E-state index in [2.05, 4.69) is 0 Å². The molecule has 0 amide bonds. The highest BCUT2D eigenvalue weighted by atomic mass is 35.5. The van der Waals surface area contributed by atoms with Crippen LogP contribution in [-0.4, -0.2) is 32.7 Å². The van der Waals surface area contributed by atoms with Gasteiger partial charge in [-0.25, -0.2) is 0 Å². The Kier molecular flexibility index (Phi) is 7.44. The maximum Gasteiger partial charge on any atom is 0.0560 e. The first-order valence-corrected chi connectivity index (χ1v) is 6.85. The number of benzene rings is 1. The zero-order valence-corrected chi connectivity index (χ0v) is 11.5. The lowest BCUT2D eigenvalue weighted by molar-refractivity contribution is 0.113. The summed E-state index contributed by atoms with van der Waals surface area (Å²) in [5.74, 6) is 0.873. The van der Waals surface area contributed by atoms with Gasteiger partial charge in [0.25, 0.3) is 0 Å². The van der Waals surface area contributed by atoms with Crippen molar-refractivity contribution in [2.24, 2.45) is 0 Å². The van der Waals surface area contributed by atoms with Crippen molar-refractivity contribution in [1.82, 2.24) is 0 Å². The van der Waals surface area contributed by atoms with Gasteiger partial charge in [-0.1, -0.05) is 11.6 Å². The number of nitrogens with two attached hydrogens (primary N) is 1. The Balaban J connectivity index is 2.15. The molecule has 1 aromatic rings. The van der Waals surface area contributed by atoms with E-state index < -0.39 is 0 Å². The smallest absolute Gasteiger partial charge is 0.0560 e. The molecule has 0 aliphatic heterocycles. The average molecular weight is 276 g/mol. The number of ether oxygens (including phenoxy) is 2. The predicted molar refractivity (Wildman–Crippen MR) is 73.9 cm³/mol. The van der Waals surface area contributed by atoms with E-state index in [-0.39, 0.29) is 0 Å². The Bertz CT molecular complexity index is 336. The summed E-state index contributed by atoms with van der Waals surface area (Å²) in [5.41, 5.74) is 6.60. The summed E-state index contributed by atoms with van der Waals surface area (Å²) in [6.45, 7) is 2.19. The van der Waals surface area contributed by atoms with Crippen LogP contribution in [0.4, 0.5) is 5.69 Å². The molecule has 17 heavy (non-hydrogen) atoms. The maximum atomic E-state index is 5.90. The van der Waals surface area contributed by atoms with Crippen LogP contribution in [0.3, 0.4) is 0 Å². The van der Waals surface area contributed by atoms with Gasteiger partial charge in [-0.05, 0) is 24.6 Å². The number of hydrogen-bond acceptors (Lipinski definition) is 4. The molecule has 0 saturated carbocycles. The van der Waals surface area contributed by atoms with Gasteiger partial charge in [0, 0.05) is 41.7 Å². The standard InChI is InChI=1S/C12H18ClNO2S/c1-15-5-2-6-16-7-8-17-12-9-10(13)3-4-11(12)14/h3-4,9H,2,5-8,14H2,1H3. The first-order chi connectivity index (χ1) is 8.24. The van der Waals surface area contributed by atoms with Crippen molar-refractivity contribution in [3.8, 4) is 0 Å². The van der Waals surface area contributed by atoms with Gasteiger partial charge in [0.1, 0.15) is 0 Å². The number of thioether (sulfide) groups is 1. The lowest BCUT2D eigenvalue weighted by atomic mass is 10.3. The number of methoxy groups -OCH3 is 1. The van der Waals surface area contributed by atoms with Crippen LogP contribution in [0.5, 0.6) is 0 Å². The van der Waals surface area contributed by atoms with Crippen molar-refractivity contribution < 1.29 is 9.47 Å². The minimum Gasteiger partial charge on any atom is -0.398 e. The predicted octanol–water partition coefficient (Wildman–Crippen LogP) is 3.07. The fourth-order valence-corrected chi connectivity index (χ4v) is 2.35. The summed E-state index contributed by atoms with van der Waals surface area (Å²) in [6.07, 6.45) is 0.931. The van der Waals surface area contributed by atoms with Crippen LogP contribution in [-0.2, 0) is 9.47 Å². The number of halogens is 1. The molecule has 0 atom stereocenters. The summed E-state index contributed by atoms with van der Waals surface area (Å²) in [5, 5.41) is 0.711. The van der Waals surface area contributed by atoms with Crippen LogP contribution < -0.4 is 5.73 Å². The summed E-state index contributed by atoms with van der Waals surface area (Å²) in [6, 6.07) is 5.50. The van der Waals surface area contributed by atoms with Gasteiger partial charge in [0.2, 0.25) is 0 Å². The Morgan fingerprint density at radius 3 is 2.88 bits per heavy atom. The van der Waals surface area contributed by atoms with Crippen LogP contribution in [0.1, 0.15) is 6.42 Å². The number of rotatable bonds is 8. The monoisotopic (exact) mass is 275 g/mol. The van der Waals surface area contributed by atoms with Gasteiger partial charge in [0.15, 0.2) is 0 Å². The Morgan fingerprint density at radius 2 is 2.12 bits per heavy atom. The van der Waals surface area contributed by atoms with Crippen molar-refractivity contribution in [3.05, 3.63) is 23.2 Å². The molecule has 0 spiro atoms. The van der Waals surface area contributed by atoms with Gasteiger partial charge in [-0.2, -0.15) is 0 Å². The van der Waals surface area contributed by atoms with Crippen molar-refractivity contribution >= 4 is 29.1 Å². The molecule has 0 aliphatic carbocycles. The molecule has 96 valence electrons. The second kappa shape index (κ2) is 8.64. The Labute approximate surface area is 112 Å². The summed E-state index contributed by atoms with van der Waals surface area (Å²) >= 11 is 7.56. The molecule has 1 rings (SSSR count). The van der Waals surface area contributed by atoms with Gasteiger partial charge in [-0.3, -0.25) is 0 Å². The molecule has 0 aromatic heterocycles. The highest BCUT2D eigenvalue weighted by Gasteiger charge is 2.00. The molecule has 0 bridgehead atoms. The molecular weight excluding hydrogens is 258 g/mol. The van der Waals surface area contributed by atoms with Gasteiger partial charge in [-0.15, -0.1) is 11.8 Å². The van der Waals surface area contributed by atoms with E-state index in [1.165, 1.54) is 0 Å². The zero-order chi connectivity index (χ0) is 12.5. The van der Waals surface area contributed by atoms with E-state index in [9.17, 15) is 0 Å². The van der Waals surface area contributed by atoms with E-state index in [0.717, 1.165) is 36.0 Å². The lowest BCUT2D eigenvalue weighted by Crippen LogP contribution is -2.02. The first kappa shape index (κ1) is 14.6. The van der Waals surface area contributed by atoms with Crippen LogP contribution in [0.2, 0.25) is 5.02 Å². The SMILES string of the molecule is COCCCOCCSc1cc(Cl)ccc1N. The quantitative estimate of drug-likeness (QED) is 0.450. The van der Waals surface area contributed by atoms with E-state index in [4.69, 9.17) is 26.8 Å². The lowest BCUT2D eigenvalue weighted by Gasteiger charge is -2.06. The van der Waals surface area contributed by atoms with Gasteiger partial charge < -0.3 is 15.2 Å². The van der Waals surface area contributed by atoms with E-state index in [0.29, 0.717) is 11.6 Å². The van der Waals surface area contributed by atoms with Crippen LogP contribution in [0.15, 0.2) is 23.1 Å².